The van der Waals surface area contributed by atoms with Crippen molar-refractivity contribution in [1.82, 2.24) is 10.2 Å². The van der Waals surface area contributed by atoms with E-state index in [9.17, 15) is 4.79 Å². The highest BCUT2D eigenvalue weighted by molar-refractivity contribution is 7.21. The standard InChI is InChI=1S/C14H11ClN4OS/c1-7-2-3-8(6-10(7)15)18-13(20)12-11(16)9-4-5-17-19-14(9)21-12/h2-6H,16H2,1H3,(H,18,20). The first-order valence-corrected chi connectivity index (χ1v) is 7.33. The third-order valence-corrected chi connectivity index (χ3v) is 4.57. The summed E-state index contributed by atoms with van der Waals surface area (Å²) in [6.45, 7) is 1.90. The number of nitrogens with zero attached hydrogens (tertiary/aromatic N) is 2. The molecule has 0 unspecified atom stereocenters. The molecule has 0 radical (unpaired) electrons. The molecule has 7 heteroatoms. The highest BCUT2D eigenvalue weighted by Gasteiger charge is 2.17. The number of hydrogen-bond acceptors (Lipinski definition) is 5. The van der Waals surface area contributed by atoms with E-state index in [1.807, 2.05) is 13.0 Å². The van der Waals surface area contributed by atoms with Gasteiger partial charge in [-0.05, 0) is 30.7 Å². The molecule has 0 saturated carbocycles. The average Bonchev–Trinajstić information content (AvgIpc) is 2.81. The summed E-state index contributed by atoms with van der Waals surface area (Å²) in [6.07, 6.45) is 1.55. The van der Waals surface area contributed by atoms with Crippen molar-refractivity contribution in [3.63, 3.8) is 0 Å². The Bertz CT molecular complexity index is 846. The lowest BCUT2D eigenvalue weighted by molar-refractivity contribution is 0.103. The molecule has 0 aliphatic rings. The predicted octanol–water partition coefficient (Wildman–Crippen LogP) is 3.49. The van der Waals surface area contributed by atoms with Gasteiger partial charge in [0, 0.05) is 16.1 Å². The van der Waals surface area contributed by atoms with Crippen LogP contribution in [-0.2, 0) is 0 Å². The number of benzene rings is 1. The first kappa shape index (κ1) is 13.8. The number of nitrogens with one attached hydrogen (secondary N) is 1. The molecule has 5 nitrogen and oxygen atoms in total. The van der Waals surface area contributed by atoms with E-state index in [2.05, 4.69) is 15.5 Å². The predicted molar refractivity (Wildman–Crippen MR) is 86.0 cm³/mol. The average molecular weight is 319 g/mol. The van der Waals surface area contributed by atoms with E-state index in [-0.39, 0.29) is 5.91 Å². The second-order valence-corrected chi connectivity index (χ2v) is 5.92. The van der Waals surface area contributed by atoms with Crippen LogP contribution in [0.2, 0.25) is 5.02 Å². The van der Waals surface area contributed by atoms with Crippen molar-refractivity contribution in [2.24, 2.45) is 0 Å². The van der Waals surface area contributed by atoms with Crippen molar-refractivity contribution in [2.75, 3.05) is 11.1 Å². The van der Waals surface area contributed by atoms with Crippen molar-refractivity contribution < 1.29 is 4.79 Å². The van der Waals surface area contributed by atoms with Crippen molar-refractivity contribution in [1.29, 1.82) is 0 Å². The van der Waals surface area contributed by atoms with Crippen LogP contribution in [0, 0.1) is 6.92 Å². The minimum absolute atomic E-state index is 0.282. The number of anilines is 2. The van der Waals surface area contributed by atoms with Gasteiger partial charge in [-0.3, -0.25) is 4.79 Å². The maximum Gasteiger partial charge on any atom is 0.267 e. The Balaban J connectivity index is 1.93. The van der Waals surface area contributed by atoms with Gasteiger partial charge < -0.3 is 11.1 Å². The molecule has 3 rings (SSSR count). The number of carbonyl (C=O) groups excluding carboxylic acids is 1. The Labute approximate surface area is 129 Å². The van der Waals surface area contributed by atoms with Gasteiger partial charge in [0.05, 0.1) is 11.9 Å². The van der Waals surface area contributed by atoms with Gasteiger partial charge in [-0.1, -0.05) is 17.7 Å². The summed E-state index contributed by atoms with van der Waals surface area (Å²) in [5.41, 5.74) is 7.99. The van der Waals surface area contributed by atoms with Crippen LogP contribution in [0.3, 0.4) is 0 Å². The fourth-order valence-corrected chi connectivity index (χ4v) is 3.01. The Morgan fingerprint density at radius 3 is 2.90 bits per heavy atom. The third kappa shape index (κ3) is 2.55. The van der Waals surface area contributed by atoms with Crippen molar-refractivity contribution in [2.45, 2.75) is 6.92 Å². The number of halogens is 1. The molecule has 0 aliphatic carbocycles. The van der Waals surface area contributed by atoms with Gasteiger partial charge in [-0.25, -0.2) is 0 Å². The lowest BCUT2D eigenvalue weighted by Crippen LogP contribution is -2.11. The zero-order chi connectivity index (χ0) is 15.0. The second-order valence-electron chi connectivity index (χ2n) is 4.51. The first-order chi connectivity index (χ1) is 10.1. The van der Waals surface area contributed by atoms with Crippen LogP contribution in [0.5, 0.6) is 0 Å². The van der Waals surface area contributed by atoms with Crippen LogP contribution in [0.4, 0.5) is 11.4 Å². The van der Waals surface area contributed by atoms with E-state index in [4.69, 9.17) is 17.3 Å². The van der Waals surface area contributed by atoms with Gasteiger partial charge in [0.2, 0.25) is 0 Å². The molecule has 0 bridgehead atoms. The van der Waals surface area contributed by atoms with E-state index >= 15 is 0 Å². The zero-order valence-electron chi connectivity index (χ0n) is 11.1. The normalized spacial score (nSPS) is 10.8. The van der Waals surface area contributed by atoms with Crippen molar-refractivity contribution >= 4 is 50.4 Å². The molecular weight excluding hydrogens is 308 g/mol. The molecule has 0 spiro atoms. The monoisotopic (exact) mass is 318 g/mol. The number of nitrogen functional groups attached to an aromatic ring is 1. The maximum atomic E-state index is 12.3. The van der Waals surface area contributed by atoms with Gasteiger partial charge in [-0.15, -0.1) is 16.4 Å². The summed E-state index contributed by atoms with van der Waals surface area (Å²) < 4.78 is 0. The van der Waals surface area contributed by atoms with Gasteiger partial charge in [0.25, 0.3) is 5.91 Å². The summed E-state index contributed by atoms with van der Waals surface area (Å²) in [6, 6.07) is 7.09. The summed E-state index contributed by atoms with van der Waals surface area (Å²) in [4.78, 5) is 13.4. The molecule has 3 aromatic rings. The van der Waals surface area contributed by atoms with Gasteiger partial charge in [0.1, 0.15) is 9.71 Å². The van der Waals surface area contributed by atoms with E-state index in [1.165, 1.54) is 11.3 Å². The number of aryl methyl sites for hydroxylation is 1. The largest absolute Gasteiger partial charge is 0.397 e. The Kier molecular flexibility index (Phi) is 3.48. The Morgan fingerprint density at radius 1 is 1.38 bits per heavy atom. The van der Waals surface area contributed by atoms with Crippen LogP contribution < -0.4 is 11.1 Å². The molecule has 21 heavy (non-hydrogen) atoms. The topological polar surface area (TPSA) is 80.9 Å². The van der Waals surface area contributed by atoms with E-state index in [0.29, 0.717) is 26.1 Å². The summed E-state index contributed by atoms with van der Waals surface area (Å²) >= 11 is 7.26. The summed E-state index contributed by atoms with van der Waals surface area (Å²) in [5, 5.41) is 11.9. The number of fused-ring (bicyclic) bond motifs is 1. The zero-order valence-corrected chi connectivity index (χ0v) is 12.6. The SMILES string of the molecule is Cc1ccc(NC(=O)c2sc3nnccc3c2N)cc1Cl. The number of aromatic nitrogens is 2. The van der Waals surface area contributed by atoms with Crippen molar-refractivity contribution in [3.05, 3.63) is 45.9 Å². The molecule has 0 saturated heterocycles. The molecule has 0 atom stereocenters. The summed E-state index contributed by atoms with van der Waals surface area (Å²) in [7, 11) is 0. The van der Waals surface area contributed by atoms with Gasteiger partial charge in [0.15, 0.2) is 0 Å². The fraction of sp³-hybridized carbons (Fsp3) is 0.0714. The molecule has 2 heterocycles. The molecular formula is C14H11ClN4OS. The van der Waals surface area contributed by atoms with Crippen LogP contribution in [0.25, 0.3) is 10.2 Å². The van der Waals surface area contributed by atoms with Gasteiger partial charge >= 0.3 is 0 Å². The van der Waals surface area contributed by atoms with E-state index in [1.54, 1.807) is 24.4 Å². The highest BCUT2D eigenvalue weighted by atomic mass is 35.5. The van der Waals surface area contributed by atoms with E-state index in [0.717, 1.165) is 10.9 Å². The lowest BCUT2D eigenvalue weighted by atomic mass is 10.2. The smallest absolute Gasteiger partial charge is 0.267 e. The summed E-state index contributed by atoms with van der Waals surface area (Å²) in [5.74, 6) is -0.282. The first-order valence-electron chi connectivity index (χ1n) is 6.13. The Hall–Kier alpha value is -2.18. The molecule has 1 aromatic carbocycles. The molecule has 0 aliphatic heterocycles. The molecule has 106 valence electrons. The van der Waals surface area contributed by atoms with E-state index < -0.39 is 0 Å². The molecule has 3 N–H and O–H groups in total. The highest BCUT2D eigenvalue weighted by Crippen LogP contribution is 2.32. The minimum Gasteiger partial charge on any atom is -0.397 e. The van der Waals surface area contributed by atoms with Crippen LogP contribution in [0.1, 0.15) is 15.2 Å². The van der Waals surface area contributed by atoms with Crippen LogP contribution in [-0.4, -0.2) is 16.1 Å². The fourth-order valence-electron chi connectivity index (χ4n) is 1.90. The lowest BCUT2D eigenvalue weighted by Gasteiger charge is -2.06. The molecule has 1 amide bonds. The molecule has 2 aromatic heterocycles. The maximum absolute atomic E-state index is 12.3. The second kappa shape index (κ2) is 5.31. The quantitative estimate of drug-likeness (QED) is 0.758. The number of thiophene rings is 1. The third-order valence-electron chi connectivity index (χ3n) is 3.06. The number of hydrogen-bond donors (Lipinski definition) is 2. The van der Waals surface area contributed by atoms with Crippen molar-refractivity contribution in [3.8, 4) is 0 Å². The number of amides is 1. The molecule has 0 fully saturated rings. The number of rotatable bonds is 2. The minimum atomic E-state index is -0.282. The Morgan fingerprint density at radius 2 is 2.19 bits per heavy atom. The number of nitrogens with two attached hydrogens (primary N) is 1. The van der Waals surface area contributed by atoms with Crippen LogP contribution >= 0.6 is 22.9 Å². The number of carbonyl (C=O) groups is 1. The van der Waals surface area contributed by atoms with Gasteiger partial charge in [-0.2, -0.15) is 5.10 Å². The van der Waals surface area contributed by atoms with Crippen LogP contribution in [0.15, 0.2) is 30.5 Å².